The Kier molecular flexibility index (Phi) is 3.77. The molecule has 0 heterocycles. The Morgan fingerprint density at radius 1 is 1.57 bits per heavy atom. The van der Waals surface area contributed by atoms with Gasteiger partial charge >= 0.3 is 0 Å². The van der Waals surface area contributed by atoms with Gasteiger partial charge in [0.15, 0.2) is 0 Å². The molecule has 74 valence electrons. The van der Waals surface area contributed by atoms with Crippen LogP contribution in [0.2, 0.25) is 0 Å². The van der Waals surface area contributed by atoms with Crippen LogP contribution in [0.1, 0.15) is 5.56 Å². The summed E-state index contributed by atoms with van der Waals surface area (Å²) in [7, 11) is 1.59. The first kappa shape index (κ1) is 10.4. The van der Waals surface area contributed by atoms with Crippen LogP contribution in [-0.4, -0.2) is 20.2 Å². The van der Waals surface area contributed by atoms with E-state index in [2.05, 4.69) is 11.4 Å². The Labute approximate surface area is 83.3 Å². The van der Waals surface area contributed by atoms with E-state index in [1.807, 2.05) is 0 Å². The zero-order valence-corrected chi connectivity index (χ0v) is 8.08. The van der Waals surface area contributed by atoms with Crippen molar-refractivity contribution in [2.24, 2.45) is 5.73 Å². The van der Waals surface area contributed by atoms with Crippen molar-refractivity contribution < 1.29 is 4.74 Å². The van der Waals surface area contributed by atoms with Gasteiger partial charge in [-0.3, -0.25) is 0 Å². The Morgan fingerprint density at radius 2 is 2.36 bits per heavy atom. The minimum atomic E-state index is 0.530. The van der Waals surface area contributed by atoms with E-state index in [1.54, 1.807) is 25.3 Å². The van der Waals surface area contributed by atoms with Crippen molar-refractivity contribution in [3.63, 3.8) is 0 Å². The molecule has 0 unspecified atom stereocenters. The van der Waals surface area contributed by atoms with Gasteiger partial charge in [-0.15, -0.1) is 0 Å². The van der Waals surface area contributed by atoms with Gasteiger partial charge in [-0.25, -0.2) is 0 Å². The summed E-state index contributed by atoms with van der Waals surface area (Å²) in [6.45, 7) is 1.17. The molecule has 0 bridgehead atoms. The molecule has 0 radical (unpaired) electrons. The van der Waals surface area contributed by atoms with Crippen LogP contribution < -0.4 is 15.8 Å². The molecule has 1 aromatic rings. The van der Waals surface area contributed by atoms with Gasteiger partial charge in [-0.05, 0) is 12.1 Å². The average molecular weight is 191 g/mol. The fourth-order valence-electron chi connectivity index (χ4n) is 1.10. The van der Waals surface area contributed by atoms with Crippen molar-refractivity contribution in [2.45, 2.75) is 0 Å². The molecule has 0 saturated carbocycles. The first-order valence-electron chi connectivity index (χ1n) is 4.34. The van der Waals surface area contributed by atoms with E-state index >= 15 is 0 Å². The minimum absolute atomic E-state index is 0.530. The van der Waals surface area contributed by atoms with Crippen molar-refractivity contribution in [1.29, 1.82) is 5.26 Å². The molecule has 4 heteroatoms. The summed E-state index contributed by atoms with van der Waals surface area (Å²) >= 11 is 0. The van der Waals surface area contributed by atoms with Crippen molar-refractivity contribution in [3.8, 4) is 11.8 Å². The predicted octanol–water partition coefficient (Wildman–Crippen LogP) is 0.937. The molecule has 0 atom stereocenters. The lowest BCUT2D eigenvalue weighted by Gasteiger charge is -2.08. The number of anilines is 1. The summed E-state index contributed by atoms with van der Waals surface area (Å²) in [5, 5.41) is 11.9. The zero-order valence-electron chi connectivity index (χ0n) is 8.08. The normalized spacial score (nSPS) is 9.21. The van der Waals surface area contributed by atoms with Crippen LogP contribution in [0.15, 0.2) is 18.2 Å². The molecule has 0 fully saturated rings. The minimum Gasteiger partial charge on any atom is -0.497 e. The van der Waals surface area contributed by atoms with Crippen LogP contribution in [0.25, 0.3) is 0 Å². The molecular formula is C10H13N3O. The summed E-state index contributed by atoms with van der Waals surface area (Å²) in [4.78, 5) is 0. The van der Waals surface area contributed by atoms with Crippen molar-refractivity contribution >= 4 is 5.69 Å². The maximum absolute atomic E-state index is 8.82. The molecule has 0 amide bonds. The molecule has 1 aromatic carbocycles. The molecule has 0 aromatic heterocycles. The van der Waals surface area contributed by atoms with Crippen LogP contribution in [-0.2, 0) is 0 Å². The molecule has 4 nitrogen and oxygen atoms in total. The standard InChI is InChI=1S/C10H13N3O/c1-14-9-3-2-8(7-12)10(6-9)13-5-4-11/h2-3,6,13H,4-5,11H2,1H3. The van der Waals surface area contributed by atoms with E-state index in [-0.39, 0.29) is 0 Å². The van der Waals surface area contributed by atoms with Gasteiger partial charge in [0.2, 0.25) is 0 Å². The van der Waals surface area contributed by atoms with Gasteiger partial charge in [0.25, 0.3) is 0 Å². The SMILES string of the molecule is COc1ccc(C#N)c(NCCN)c1. The number of nitriles is 1. The molecule has 14 heavy (non-hydrogen) atoms. The molecule has 0 saturated heterocycles. The van der Waals surface area contributed by atoms with Crippen LogP contribution in [0.3, 0.4) is 0 Å². The molecule has 1 rings (SSSR count). The van der Waals surface area contributed by atoms with Crippen molar-refractivity contribution in [2.75, 3.05) is 25.5 Å². The summed E-state index contributed by atoms with van der Waals surface area (Å²) in [6.07, 6.45) is 0. The van der Waals surface area contributed by atoms with E-state index in [1.165, 1.54) is 0 Å². The summed E-state index contributed by atoms with van der Waals surface area (Å²) in [6, 6.07) is 7.36. The second-order valence-electron chi connectivity index (χ2n) is 2.74. The second-order valence-corrected chi connectivity index (χ2v) is 2.74. The number of ether oxygens (including phenoxy) is 1. The first-order chi connectivity index (χ1) is 6.81. The van der Waals surface area contributed by atoms with Gasteiger partial charge in [0, 0.05) is 19.2 Å². The van der Waals surface area contributed by atoms with E-state index < -0.39 is 0 Å². The highest BCUT2D eigenvalue weighted by molar-refractivity contribution is 5.60. The van der Waals surface area contributed by atoms with Gasteiger partial charge in [0.1, 0.15) is 11.8 Å². The molecule has 3 N–H and O–H groups in total. The lowest BCUT2D eigenvalue weighted by Crippen LogP contribution is -2.13. The predicted molar refractivity (Wildman–Crippen MR) is 55.3 cm³/mol. The van der Waals surface area contributed by atoms with Gasteiger partial charge in [-0.1, -0.05) is 0 Å². The van der Waals surface area contributed by atoms with Gasteiger partial charge in [0.05, 0.1) is 18.4 Å². The third-order valence-electron chi connectivity index (χ3n) is 1.81. The van der Waals surface area contributed by atoms with Crippen LogP contribution in [0.4, 0.5) is 5.69 Å². The van der Waals surface area contributed by atoms with E-state index in [0.29, 0.717) is 18.7 Å². The van der Waals surface area contributed by atoms with Gasteiger partial charge in [-0.2, -0.15) is 5.26 Å². The number of benzene rings is 1. The Bertz CT molecular complexity index is 344. The number of nitrogens with two attached hydrogens (primary N) is 1. The molecule has 0 aliphatic heterocycles. The smallest absolute Gasteiger partial charge is 0.121 e. The van der Waals surface area contributed by atoms with Crippen LogP contribution in [0.5, 0.6) is 5.75 Å². The Morgan fingerprint density at radius 3 is 2.93 bits per heavy atom. The monoisotopic (exact) mass is 191 g/mol. The van der Waals surface area contributed by atoms with Crippen molar-refractivity contribution in [3.05, 3.63) is 23.8 Å². The summed E-state index contributed by atoms with van der Waals surface area (Å²) in [5.74, 6) is 0.725. The maximum atomic E-state index is 8.82. The molecule has 0 aliphatic rings. The average Bonchev–Trinajstić information content (AvgIpc) is 2.25. The fraction of sp³-hybridized carbons (Fsp3) is 0.300. The van der Waals surface area contributed by atoms with E-state index in [9.17, 15) is 0 Å². The number of methoxy groups -OCH3 is 1. The number of rotatable bonds is 4. The number of hydrogen-bond donors (Lipinski definition) is 2. The fourth-order valence-corrected chi connectivity index (χ4v) is 1.10. The number of nitrogens with one attached hydrogen (secondary N) is 1. The van der Waals surface area contributed by atoms with Crippen LogP contribution in [0, 0.1) is 11.3 Å². The molecule has 0 aliphatic carbocycles. The lowest BCUT2D eigenvalue weighted by atomic mass is 10.2. The maximum Gasteiger partial charge on any atom is 0.121 e. The summed E-state index contributed by atoms with van der Waals surface area (Å²) < 4.78 is 5.05. The highest BCUT2D eigenvalue weighted by Gasteiger charge is 2.02. The van der Waals surface area contributed by atoms with Crippen molar-refractivity contribution in [1.82, 2.24) is 0 Å². The van der Waals surface area contributed by atoms with E-state index in [0.717, 1.165) is 11.4 Å². The largest absolute Gasteiger partial charge is 0.497 e. The quantitative estimate of drug-likeness (QED) is 0.743. The zero-order chi connectivity index (χ0) is 10.4. The number of nitrogens with zero attached hydrogens (tertiary/aromatic N) is 1. The first-order valence-corrected chi connectivity index (χ1v) is 4.34. The Hall–Kier alpha value is -1.73. The highest BCUT2D eigenvalue weighted by Crippen LogP contribution is 2.21. The summed E-state index contributed by atoms with van der Waals surface area (Å²) in [5.41, 5.74) is 6.72. The third-order valence-corrected chi connectivity index (χ3v) is 1.81. The Balaban J connectivity index is 2.91. The lowest BCUT2D eigenvalue weighted by molar-refractivity contribution is 0.415. The number of hydrogen-bond acceptors (Lipinski definition) is 4. The van der Waals surface area contributed by atoms with Crippen LogP contribution >= 0.6 is 0 Å². The topological polar surface area (TPSA) is 71.1 Å². The molecule has 0 spiro atoms. The second kappa shape index (κ2) is 5.10. The highest BCUT2D eigenvalue weighted by atomic mass is 16.5. The van der Waals surface area contributed by atoms with E-state index in [4.69, 9.17) is 15.7 Å². The third kappa shape index (κ3) is 2.38. The van der Waals surface area contributed by atoms with Gasteiger partial charge < -0.3 is 15.8 Å². The molecular weight excluding hydrogens is 178 g/mol.